The zero-order valence-electron chi connectivity index (χ0n) is 11.5. The van der Waals surface area contributed by atoms with Crippen molar-refractivity contribution in [2.75, 3.05) is 13.6 Å². The Hall–Kier alpha value is -1.06. The lowest BCUT2D eigenvalue weighted by Crippen LogP contribution is -2.47. The lowest BCUT2D eigenvalue weighted by molar-refractivity contribution is -0.145. The topological polar surface area (TPSA) is 57.6 Å². The highest BCUT2D eigenvalue weighted by Crippen LogP contribution is 2.57. The quantitative estimate of drug-likeness (QED) is 0.845. The Morgan fingerprint density at radius 1 is 1.05 bits per heavy atom. The van der Waals surface area contributed by atoms with Crippen LogP contribution in [0.15, 0.2) is 0 Å². The number of rotatable bonds is 4. The molecule has 0 aromatic carbocycles. The van der Waals surface area contributed by atoms with Crippen molar-refractivity contribution in [3.05, 3.63) is 0 Å². The number of amides is 1. The van der Waals surface area contributed by atoms with Gasteiger partial charge in [-0.25, -0.2) is 0 Å². The van der Waals surface area contributed by atoms with Gasteiger partial charge in [-0.2, -0.15) is 0 Å². The van der Waals surface area contributed by atoms with E-state index in [1.165, 1.54) is 37.0 Å². The Kier molecular flexibility index (Phi) is 3.27. The van der Waals surface area contributed by atoms with Crippen LogP contribution in [0, 0.1) is 29.6 Å². The molecule has 0 unspecified atom stereocenters. The van der Waals surface area contributed by atoms with E-state index in [1.54, 1.807) is 7.05 Å². The number of carbonyl (C=O) groups excluding carboxylic acids is 1. The molecule has 0 aromatic rings. The Labute approximate surface area is 114 Å². The number of carboxylic acids is 1. The van der Waals surface area contributed by atoms with Crippen LogP contribution in [0.5, 0.6) is 0 Å². The molecule has 1 amide bonds. The fourth-order valence-electron chi connectivity index (χ4n) is 5.02. The summed E-state index contributed by atoms with van der Waals surface area (Å²) in [6.45, 7) is -0.174. The molecule has 4 aliphatic carbocycles. The third-order valence-corrected chi connectivity index (χ3v) is 5.63. The Morgan fingerprint density at radius 3 is 2.05 bits per heavy atom. The van der Waals surface area contributed by atoms with Crippen LogP contribution < -0.4 is 0 Å². The van der Waals surface area contributed by atoms with E-state index < -0.39 is 5.97 Å². The van der Waals surface area contributed by atoms with Crippen molar-refractivity contribution in [3.8, 4) is 0 Å². The number of carbonyl (C=O) groups is 2. The van der Waals surface area contributed by atoms with Gasteiger partial charge in [-0.05, 0) is 61.7 Å². The van der Waals surface area contributed by atoms with Gasteiger partial charge in [0.05, 0.1) is 0 Å². The number of nitrogens with zero attached hydrogens (tertiary/aromatic N) is 1. The summed E-state index contributed by atoms with van der Waals surface area (Å²) in [4.78, 5) is 24.2. The summed E-state index contributed by atoms with van der Waals surface area (Å²) in [7, 11) is 1.60. The first kappa shape index (κ1) is 12.9. The monoisotopic (exact) mass is 265 g/mol. The number of carboxylic acid groups (broad SMARTS) is 1. The average molecular weight is 265 g/mol. The van der Waals surface area contributed by atoms with Gasteiger partial charge in [0.25, 0.3) is 0 Å². The van der Waals surface area contributed by atoms with Crippen molar-refractivity contribution in [2.24, 2.45) is 29.6 Å². The van der Waals surface area contributed by atoms with Crippen LogP contribution in [-0.4, -0.2) is 35.5 Å². The minimum atomic E-state index is -0.930. The molecule has 4 nitrogen and oxygen atoms in total. The van der Waals surface area contributed by atoms with Crippen molar-refractivity contribution in [1.82, 2.24) is 4.90 Å². The van der Waals surface area contributed by atoms with Crippen LogP contribution in [-0.2, 0) is 9.59 Å². The van der Waals surface area contributed by atoms with Gasteiger partial charge in [0.15, 0.2) is 0 Å². The van der Waals surface area contributed by atoms with Crippen molar-refractivity contribution < 1.29 is 14.7 Å². The third kappa shape index (κ3) is 2.49. The van der Waals surface area contributed by atoms with Crippen molar-refractivity contribution >= 4 is 11.9 Å². The zero-order chi connectivity index (χ0) is 13.6. The maximum atomic E-state index is 12.1. The number of hydrogen-bond acceptors (Lipinski definition) is 2. The molecule has 4 aliphatic rings. The summed E-state index contributed by atoms with van der Waals surface area (Å²) < 4.78 is 0. The van der Waals surface area contributed by atoms with E-state index in [-0.39, 0.29) is 12.5 Å². The largest absolute Gasteiger partial charge is 0.480 e. The molecule has 4 rings (SSSR count). The maximum absolute atomic E-state index is 12.1. The summed E-state index contributed by atoms with van der Waals surface area (Å²) in [5.41, 5.74) is 0. The molecule has 4 fully saturated rings. The molecule has 0 saturated heterocycles. The van der Waals surface area contributed by atoms with Crippen LogP contribution in [0.4, 0.5) is 0 Å². The van der Waals surface area contributed by atoms with Crippen LogP contribution >= 0.6 is 0 Å². The summed E-state index contributed by atoms with van der Waals surface area (Å²) in [6.07, 6.45) is 7.24. The normalized spacial score (nSPS) is 39.3. The molecule has 4 saturated carbocycles. The first-order valence-electron chi connectivity index (χ1n) is 7.48. The van der Waals surface area contributed by atoms with Crippen LogP contribution in [0.3, 0.4) is 0 Å². The lowest BCUT2D eigenvalue weighted by atomic mass is 9.51. The third-order valence-electron chi connectivity index (χ3n) is 5.63. The van der Waals surface area contributed by atoms with Crippen molar-refractivity contribution in [2.45, 2.75) is 38.5 Å². The molecule has 0 spiro atoms. The van der Waals surface area contributed by atoms with Crippen LogP contribution in [0.25, 0.3) is 0 Å². The standard InChI is InChI=1S/C15H23NO3/c1-16(8-15(18)19)14(17)7-13-11-3-9-2-10(5-11)6-12(13)4-9/h9-13H,2-8H2,1H3,(H,18,19). The van der Waals surface area contributed by atoms with E-state index in [9.17, 15) is 9.59 Å². The van der Waals surface area contributed by atoms with E-state index in [4.69, 9.17) is 5.11 Å². The minimum Gasteiger partial charge on any atom is -0.480 e. The highest BCUT2D eigenvalue weighted by Gasteiger charge is 2.48. The van der Waals surface area contributed by atoms with E-state index in [1.807, 2.05) is 0 Å². The minimum absolute atomic E-state index is 0.0138. The Morgan fingerprint density at radius 2 is 1.58 bits per heavy atom. The SMILES string of the molecule is CN(CC(=O)O)C(=O)CC1C2CC3CC(C2)CC1C3. The Bertz CT molecular complexity index is 365. The van der Waals surface area contributed by atoms with Crippen molar-refractivity contribution in [1.29, 1.82) is 0 Å². The molecule has 0 atom stereocenters. The molecular formula is C15H23NO3. The number of likely N-dealkylation sites (N-methyl/N-ethyl adjacent to an activating group) is 1. The van der Waals surface area contributed by atoms with Gasteiger partial charge in [-0.3, -0.25) is 9.59 Å². The summed E-state index contributed by atoms with van der Waals surface area (Å²) in [5, 5.41) is 8.75. The molecule has 0 heterocycles. The van der Waals surface area contributed by atoms with Gasteiger partial charge in [0, 0.05) is 13.5 Å². The highest BCUT2D eigenvalue weighted by atomic mass is 16.4. The van der Waals surface area contributed by atoms with Gasteiger partial charge >= 0.3 is 5.97 Å². The van der Waals surface area contributed by atoms with E-state index in [0.717, 1.165) is 23.7 Å². The summed E-state index contributed by atoms with van der Waals surface area (Å²) in [5.74, 6) is 2.92. The first-order valence-corrected chi connectivity index (χ1v) is 7.48. The maximum Gasteiger partial charge on any atom is 0.323 e. The van der Waals surface area contributed by atoms with E-state index >= 15 is 0 Å². The molecule has 4 bridgehead atoms. The van der Waals surface area contributed by atoms with E-state index in [2.05, 4.69) is 0 Å². The molecule has 4 heteroatoms. The second kappa shape index (κ2) is 4.80. The van der Waals surface area contributed by atoms with Crippen LogP contribution in [0.1, 0.15) is 38.5 Å². The zero-order valence-corrected chi connectivity index (χ0v) is 11.5. The lowest BCUT2D eigenvalue weighted by Gasteiger charge is -2.54. The molecule has 106 valence electrons. The van der Waals surface area contributed by atoms with Gasteiger partial charge in [-0.15, -0.1) is 0 Å². The molecule has 0 aromatic heterocycles. The van der Waals surface area contributed by atoms with Gasteiger partial charge in [0.2, 0.25) is 5.91 Å². The number of aliphatic carboxylic acids is 1. The second-order valence-corrected chi connectivity index (χ2v) is 6.94. The van der Waals surface area contributed by atoms with Crippen LogP contribution in [0.2, 0.25) is 0 Å². The van der Waals surface area contributed by atoms with Gasteiger partial charge < -0.3 is 10.0 Å². The summed E-state index contributed by atoms with van der Waals surface area (Å²) >= 11 is 0. The molecule has 19 heavy (non-hydrogen) atoms. The molecule has 0 aliphatic heterocycles. The number of hydrogen-bond donors (Lipinski definition) is 1. The highest BCUT2D eigenvalue weighted by molar-refractivity contribution is 5.81. The smallest absolute Gasteiger partial charge is 0.323 e. The molecular weight excluding hydrogens is 242 g/mol. The first-order chi connectivity index (χ1) is 9.02. The predicted molar refractivity (Wildman–Crippen MR) is 70.4 cm³/mol. The average Bonchev–Trinajstić information content (AvgIpc) is 2.31. The Balaban J connectivity index is 1.61. The second-order valence-electron chi connectivity index (χ2n) is 6.94. The fourth-order valence-corrected chi connectivity index (χ4v) is 5.02. The molecule has 0 radical (unpaired) electrons. The molecule has 1 N–H and O–H groups in total. The fraction of sp³-hybridized carbons (Fsp3) is 0.867. The van der Waals surface area contributed by atoms with Gasteiger partial charge in [-0.1, -0.05) is 0 Å². The summed E-state index contributed by atoms with van der Waals surface area (Å²) in [6, 6.07) is 0. The van der Waals surface area contributed by atoms with Gasteiger partial charge in [0.1, 0.15) is 6.54 Å². The van der Waals surface area contributed by atoms with E-state index in [0.29, 0.717) is 12.3 Å². The predicted octanol–water partition coefficient (Wildman–Crippen LogP) is 1.99. The van der Waals surface area contributed by atoms with Crippen molar-refractivity contribution in [3.63, 3.8) is 0 Å².